The lowest BCUT2D eigenvalue weighted by Crippen LogP contribution is -2.20. The third-order valence-corrected chi connectivity index (χ3v) is 3.47. The van der Waals surface area contributed by atoms with Crippen molar-refractivity contribution in [2.75, 3.05) is 5.32 Å². The number of fused-ring (bicyclic) bond motifs is 1. The number of hydrogen-bond acceptors (Lipinski definition) is 3. The first kappa shape index (κ1) is 15.7. The summed E-state index contributed by atoms with van der Waals surface area (Å²) in [4.78, 5) is 35.2. The van der Waals surface area contributed by atoms with E-state index in [4.69, 9.17) is 0 Å². The molecule has 1 heterocycles. The van der Waals surface area contributed by atoms with Gasteiger partial charge in [0, 0.05) is 5.69 Å². The molecule has 0 bridgehead atoms. The molecule has 2 N–H and O–H groups in total. The van der Waals surface area contributed by atoms with Crippen molar-refractivity contribution in [3.63, 3.8) is 0 Å². The summed E-state index contributed by atoms with van der Waals surface area (Å²) >= 11 is 0. The Bertz CT molecular complexity index is 875. The van der Waals surface area contributed by atoms with Crippen LogP contribution in [0.4, 0.5) is 18.9 Å². The van der Waals surface area contributed by atoms with E-state index < -0.39 is 35.0 Å². The average molecular weight is 334 g/mol. The lowest BCUT2D eigenvalue weighted by Gasteiger charge is -2.12. The number of carbonyl (C=O) groups is 3. The number of imide groups is 1. The summed E-state index contributed by atoms with van der Waals surface area (Å²) in [5.41, 5.74) is -1.28. The predicted molar refractivity (Wildman–Crippen MR) is 77.6 cm³/mol. The van der Waals surface area contributed by atoms with E-state index in [2.05, 4.69) is 10.6 Å². The molecule has 0 spiro atoms. The Morgan fingerprint density at radius 1 is 0.958 bits per heavy atom. The summed E-state index contributed by atoms with van der Waals surface area (Å²) in [5.74, 6) is -2.15. The second kappa shape index (κ2) is 5.48. The average Bonchev–Trinajstić information content (AvgIpc) is 2.81. The second-order valence-corrected chi connectivity index (χ2v) is 5.04. The van der Waals surface area contributed by atoms with Gasteiger partial charge >= 0.3 is 6.18 Å². The van der Waals surface area contributed by atoms with Gasteiger partial charge in [-0.05, 0) is 30.3 Å². The number of hydrogen-bond donors (Lipinski definition) is 2. The summed E-state index contributed by atoms with van der Waals surface area (Å²) in [5, 5.41) is 4.39. The van der Waals surface area contributed by atoms with Gasteiger partial charge in [0.05, 0.1) is 22.3 Å². The van der Waals surface area contributed by atoms with Crippen LogP contribution in [0.5, 0.6) is 0 Å². The first-order valence-electron chi connectivity index (χ1n) is 6.74. The third-order valence-electron chi connectivity index (χ3n) is 3.47. The molecule has 122 valence electrons. The number of alkyl halides is 3. The van der Waals surface area contributed by atoms with E-state index in [0.717, 1.165) is 12.1 Å². The molecule has 0 atom stereocenters. The van der Waals surface area contributed by atoms with Gasteiger partial charge in [-0.3, -0.25) is 19.7 Å². The molecule has 3 rings (SSSR count). The van der Waals surface area contributed by atoms with Crippen LogP contribution in [-0.2, 0) is 6.18 Å². The quantitative estimate of drug-likeness (QED) is 0.829. The van der Waals surface area contributed by atoms with E-state index >= 15 is 0 Å². The molecule has 5 nitrogen and oxygen atoms in total. The predicted octanol–water partition coefficient (Wildman–Crippen LogP) is 2.84. The zero-order valence-corrected chi connectivity index (χ0v) is 11.9. The minimum absolute atomic E-state index is 0.0573. The van der Waals surface area contributed by atoms with Crippen molar-refractivity contribution >= 4 is 23.4 Å². The number of amides is 3. The summed E-state index contributed by atoms with van der Waals surface area (Å²) in [6.07, 6.45) is -4.67. The highest BCUT2D eigenvalue weighted by Gasteiger charge is 2.35. The third kappa shape index (κ3) is 2.73. The van der Waals surface area contributed by atoms with Crippen molar-refractivity contribution in [3.05, 3.63) is 64.7 Å². The van der Waals surface area contributed by atoms with Crippen LogP contribution in [0.2, 0.25) is 0 Å². The highest BCUT2D eigenvalue weighted by Crippen LogP contribution is 2.32. The molecule has 0 saturated carbocycles. The molecule has 0 aliphatic carbocycles. The molecular weight excluding hydrogens is 325 g/mol. The summed E-state index contributed by atoms with van der Waals surface area (Å²) in [6.45, 7) is 0. The number of halogens is 3. The van der Waals surface area contributed by atoms with Gasteiger partial charge in [0.15, 0.2) is 0 Å². The zero-order valence-electron chi connectivity index (χ0n) is 11.9. The molecule has 24 heavy (non-hydrogen) atoms. The molecule has 1 aliphatic heterocycles. The lowest BCUT2D eigenvalue weighted by atomic mass is 10.1. The molecule has 8 heteroatoms. The van der Waals surface area contributed by atoms with Crippen LogP contribution in [0, 0.1) is 0 Å². The molecule has 2 aromatic carbocycles. The van der Waals surface area contributed by atoms with Gasteiger partial charge in [0.25, 0.3) is 17.7 Å². The van der Waals surface area contributed by atoms with Gasteiger partial charge in [-0.2, -0.15) is 13.2 Å². The number of carbonyl (C=O) groups excluding carboxylic acids is 3. The molecule has 0 saturated heterocycles. The highest BCUT2D eigenvalue weighted by atomic mass is 19.4. The Morgan fingerprint density at radius 2 is 1.62 bits per heavy atom. The molecule has 3 amide bonds. The maximum absolute atomic E-state index is 13.0. The van der Waals surface area contributed by atoms with Crippen LogP contribution in [0.25, 0.3) is 0 Å². The van der Waals surface area contributed by atoms with Crippen molar-refractivity contribution in [1.29, 1.82) is 0 Å². The van der Waals surface area contributed by atoms with Crippen LogP contribution < -0.4 is 10.6 Å². The Morgan fingerprint density at radius 3 is 2.33 bits per heavy atom. The number of rotatable bonds is 2. The normalized spacial score (nSPS) is 13.5. The smallest absolute Gasteiger partial charge is 0.322 e. The number of nitrogens with one attached hydrogen (secondary N) is 2. The highest BCUT2D eigenvalue weighted by molar-refractivity contribution is 6.22. The van der Waals surface area contributed by atoms with Gasteiger partial charge in [-0.25, -0.2) is 0 Å². The van der Waals surface area contributed by atoms with Gasteiger partial charge < -0.3 is 5.32 Å². The van der Waals surface area contributed by atoms with Gasteiger partial charge in [0.1, 0.15) is 0 Å². The van der Waals surface area contributed by atoms with Crippen molar-refractivity contribution < 1.29 is 27.6 Å². The second-order valence-electron chi connectivity index (χ2n) is 5.04. The van der Waals surface area contributed by atoms with Gasteiger partial charge in [-0.15, -0.1) is 0 Å². The molecular formula is C16H9F3N2O3. The van der Waals surface area contributed by atoms with Crippen LogP contribution in [0.3, 0.4) is 0 Å². The standard InChI is InChI=1S/C16H9F3N2O3/c17-16(18,19)12-4-2-1-3-10(12)14(23)20-8-5-6-9-11(7-8)15(24)21-13(9)22/h1-7H,(H,20,23)(H,21,22,24). The van der Waals surface area contributed by atoms with Crippen LogP contribution >= 0.6 is 0 Å². The van der Waals surface area contributed by atoms with Crippen molar-refractivity contribution in [2.24, 2.45) is 0 Å². The summed E-state index contributed by atoms with van der Waals surface area (Å²) in [7, 11) is 0. The Hall–Kier alpha value is -3.16. The van der Waals surface area contributed by atoms with E-state index in [-0.39, 0.29) is 16.8 Å². The number of benzene rings is 2. The van der Waals surface area contributed by atoms with E-state index in [1.165, 1.54) is 30.3 Å². The fourth-order valence-electron chi connectivity index (χ4n) is 2.37. The molecule has 0 fully saturated rings. The first-order valence-corrected chi connectivity index (χ1v) is 6.74. The maximum Gasteiger partial charge on any atom is 0.417 e. The maximum atomic E-state index is 13.0. The van der Waals surface area contributed by atoms with Crippen LogP contribution in [0.15, 0.2) is 42.5 Å². The summed E-state index contributed by atoms with van der Waals surface area (Å²) in [6, 6.07) is 8.27. The van der Waals surface area contributed by atoms with E-state index in [1.54, 1.807) is 0 Å². The van der Waals surface area contributed by atoms with Gasteiger partial charge in [0.2, 0.25) is 0 Å². The monoisotopic (exact) mass is 334 g/mol. The SMILES string of the molecule is O=C1NC(=O)c2cc(NC(=O)c3ccccc3C(F)(F)F)ccc21. The minimum atomic E-state index is -4.67. The molecule has 0 aromatic heterocycles. The Kier molecular flexibility index (Phi) is 3.59. The topological polar surface area (TPSA) is 75.3 Å². The van der Waals surface area contributed by atoms with Crippen LogP contribution in [0.1, 0.15) is 36.6 Å². The minimum Gasteiger partial charge on any atom is -0.322 e. The van der Waals surface area contributed by atoms with Gasteiger partial charge in [-0.1, -0.05) is 12.1 Å². The fraction of sp³-hybridized carbons (Fsp3) is 0.0625. The zero-order chi connectivity index (χ0) is 17.5. The van der Waals surface area contributed by atoms with E-state index in [1.807, 2.05) is 0 Å². The lowest BCUT2D eigenvalue weighted by molar-refractivity contribution is -0.137. The molecule has 1 aliphatic rings. The van der Waals surface area contributed by atoms with Crippen molar-refractivity contribution in [1.82, 2.24) is 5.32 Å². The first-order chi connectivity index (χ1) is 11.3. The Labute approximate surface area is 133 Å². The summed E-state index contributed by atoms with van der Waals surface area (Å²) < 4.78 is 38.9. The fourth-order valence-corrected chi connectivity index (χ4v) is 2.37. The van der Waals surface area contributed by atoms with E-state index in [9.17, 15) is 27.6 Å². The van der Waals surface area contributed by atoms with Crippen LogP contribution in [-0.4, -0.2) is 17.7 Å². The molecule has 0 radical (unpaired) electrons. The van der Waals surface area contributed by atoms with Crippen molar-refractivity contribution in [3.8, 4) is 0 Å². The van der Waals surface area contributed by atoms with Crippen molar-refractivity contribution in [2.45, 2.75) is 6.18 Å². The number of anilines is 1. The van der Waals surface area contributed by atoms with E-state index in [0.29, 0.717) is 0 Å². The molecule has 0 unspecified atom stereocenters. The largest absolute Gasteiger partial charge is 0.417 e. The Balaban J connectivity index is 1.91. The molecule has 2 aromatic rings.